The zero-order chi connectivity index (χ0) is 47.8. The number of alkyl halides is 9. The summed E-state index contributed by atoms with van der Waals surface area (Å²) in [6, 6.07) is 9.53. The third-order valence-electron chi connectivity index (χ3n) is 12.3. The second-order valence-electron chi connectivity index (χ2n) is 17.6. The van der Waals surface area contributed by atoms with Crippen LogP contribution in [0.5, 0.6) is 0 Å². The predicted molar refractivity (Wildman–Crippen MR) is 234 cm³/mol. The molecular weight excluding hydrogens is 910 g/mol. The normalized spacial score (nSPS) is 17.4. The molecule has 7 aromatic rings. The van der Waals surface area contributed by atoms with Gasteiger partial charge in [0.05, 0.1) is 12.7 Å². The summed E-state index contributed by atoms with van der Waals surface area (Å²) in [6.45, 7) is 0.674. The predicted octanol–water partition coefficient (Wildman–Crippen LogP) is 10.8. The van der Waals surface area contributed by atoms with Gasteiger partial charge in [-0.1, -0.05) is 56.7 Å². The molecule has 0 aliphatic heterocycles. The van der Waals surface area contributed by atoms with Gasteiger partial charge in [-0.3, -0.25) is 4.57 Å². The molecule has 15 nitrogen and oxygen atoms in total. The molecule has 0 atom stereocenters. The molecule has 1 aromatic carbocycles. The Morgan fingerprint density at radius 2 is 0.985 bits per heavy atom. The second kappa shape index (κ2) is 19.0. The number of para-hydroxylation sites is 1. The Bertz CT molecular complexity index is 2830. The monoisotopic (exact) mass is 957 g/mol. The molecule has 68 heavy (non-hydrogen) atoms. The molecule has 0 unspecified atom stereocenters. The van der Waals surface area contributed by atoms with Crippen molar-refractivity contribution in [2.75, 3.05) is 23.0 Å². The van der Waals surface area contributed by atoms with E-state index in [0.29, 0.717) is 34.7 Å². The van der Waals surface area contributed by atoms with Gasteiger partial charge in [-0.25, -0.2) is 44.9 Å². The summed E-state index contributed by atoms with van der Waals surface area (Å²) in [6.07, 6.45) is 5.69. The number of nitrogens with zero attached hydrogens (tertiary/aromatic N) is 12. The summed E-state index contributed by atoms with van der Waals surface area (Å²) in [5.74, 6) is -2.43. The molecule has 6 aromatic heterocycles. The molecule has 0 bridgehead atoms. The fourth-order valence-corrected chi connectivity index (χ4v) is 8.54. The highest BCUT2D eigenvalue weighted by Gasteiger charge is 2.39. The summed E-state index contributed by atoms with van der Waals surface area (Å²) >= 11 is 0. The highest BCUT2D eigenvalue weighted by atomic mass is 19.4. The van der Waals surface area contributed by atoms with E-state index in [4.69, 9.17) is 0 Å². The lowest BCUT2D eigenvalue weighted by Gasteiger charge is -2.17. The van der Waals surface area contributed by atoms with E-state index >= 15 is 0 Å². The number of hydrogen-bond acceptors (Lipinski definition) is 12. The number of rotatable bonds is 9. The highest BCUT2D eigenvalue weighted by Crippen LogP contribution is 2.37. The van der Waals surface area contributed by atoms with Gasteiger partial charge in [-0.2, -0.15) is 39.5 Å². The van der Waals surface area contributed by atoms with E-state index in [-0.39, 0.29) is 52.5 Å². The molecule has 3 N–H and O–H groups in total. The average Bonchev–Trinajstić information content (AvgIpc) is 4.10. The Kier molecular flexibility index (Phi) is 13.0. The molecule has 0 radical (unpaired) electrons. The minimum absolute atomic E-state index is 0.115. The van der Waals surface area contributed by atoms with Crippen LogP contribution in [0.15, 0.2) is 49.3 Å². The maximum absolute atomic E-state index is 13.1. The topological polar surface area (TPSA) is 167 Å². The van der Waals surface area contributed by atoms with Crippen molar-refractivity contribution in [1.82, 2.24) is 58.6 Å². The Balaban J connectivity index is 0.000000127. The number of imidazole rings is 3. The Morgan fingerprint density at radius 3 is 1.53 bits per heavy atom. The van der Waals surface area contributed by atoms with Crippen molar-refractivity contribution < 1.29 is 39.5 Å². The van der Waals surface area contributed by atoms with Gasteiger partial charge in [0, 0.05) is 37.4 Å². The summed E-state index contributed by atoms with van der Waals surface area (Å²) < 4.78 is 123. The van der Waals surface area contributed by atoms with Crippen LogP contribution >= 0.6 is 0 Å². The SMILES string of the molecule is CNc1nc(C(F)(F)F)nc2c1ncn2C1CCCCCC1.FC(F)(F)c1nc(NC2CC2)c2ncn(-c3ccccc3)c2n1.FC(F)(F)c1nc(NC2CC2)c2ncn(CC3CCCC3)c2n1. The van der Waals surface area contributed by atoms with Crippen molar-refractivity contribution in [3.8, 4) is 5.69 Å². The van der Waals surface area contributed by atoms with Crippen LogP contribution in [0.3, 0.4) is 0 Å². The third kappa shape index (κ3) is 10.7. The van der Waals surface area contributed by atoms with Gasteiger partial charge < -0.3 is 25.1 Å². The van der Waals surface area contributed by atoms with Crippen LogP contribution in [0.25, 0.3) is 39.2 Å². The maximum Gasteiger partial charge on any atom is 0.451 e. The lowest BCUT2D eigenvalue weighted by Crippen LogP contribution is -2.15. The summed E-state index contributed by atoms with van der Waals surface area (Å²) in [5.41, 5.74) is 2.54. The van der Waals surface area contributed by atoms with E-state index < -0.39 is 36.0 Å². The van der Waals surface area contributed by atoms with Gasteiger partial charge in [0.25, 0.3) is 0 Å². The first-order valence-electron chi connectivity index (χ1n) is 22.7. The molecule has 0 spiro atoms. The zero-order valence-corrected chi connectivity index (χ0v) is 36.8. The van der Waals surface area contributed by atoms with Gasteiger partial charge in [0.15, 0.2) is 39.9 Å². The zero-order valence-electron chi connectivity index (χ0n) is 36.8. The van der Waals surface area contributed by atoms with Crippen LogP contribution in [0.4, 0.5) is 57.0 Å². The average molecular weight is 958 g/mol. The lowest BCUT2D eigenvalue weighted by atomic mass is 10.1. The van der Waals surface area contributed by atoms with E-state index in [1.807, 2.05) is 6.07 Å². The van der Waals surface area contributed by atoms with Gasteiger partial charge in [-0.15, -0.1) is 0 Å². The number of aromatic nitrogens is 12. The van der Waals surface area contributed by atoms with E-state index in [0.717, 1.165) is 64.2 Å². The number of nitrogens with one attached hydrogen (secondary N) is 3. The summed E-state index contributed by atoms with van der Waals surface area (Å²) in [4.78, 5) is 34.8. The van der Waals surface area contributed by atoms with Gasteiger partial charge in [0.1, 0.15) is 17.4 Å². The number of fused-ring (bicyclic) bond motifs is 3. The molecule has 11 rings (SSSR count). The van der Waals surface area contributed by atoms with Crippen LogP contribution < -0.4 is 16.0 Å². The van der Waals surface area contributed by atoms with Crippen molar-refractivity contribution in [2.24, 2.45) is 5.92 Å². The molecule has 24 heteroatoms. The summed E-state index contributed by atoms with van der Waals surface area (Å²) in [5, 5.41) is 8.74. The smallest absolute Gasteiger partial charge is 0.371 e. The van der Waals surface area contributed by atoms with E-state index in [9.17, 15) is 39.5 Å². The molecule has 0 saturated heterocycles. The molecule has 4 aliphatic carbocycles. The van der Waals surface area contributed by atoms with Crippen LogP contribution in [0.2, 0.25) is 0 Å². The molecule has 4 aliphatic rings. The molecule has 362 valence electrons. The number of hydrogen-bond donors (Lipinski definition) is 3. The molecule has 0 amide bonds. The Morgan fingerprint density at radius 1 is 0.515 bits per heavy atom. The lowest BCUT2D eigenvalue weighted by molar-refractivity contribution is -0.145. The number of anilines is 3. The van der Waals surface area contributed by atoms with Crippen molar-refractivity contribution in [1.29, 1.82) is 0 Å². The maximum atomic E-state index is 13.1. The van der Waals surface area contributed by atoms with Crippen LogP contribution in [0, 0.1) is 5.92 Å². The van der Waals surface area contributed by atoms with Crippen LogP contribution in [-0.4, -0.2) is 77.7 Å². The molecule has 6 heterocycles. The molecule has 4 fully saturated rings. The Labute approximate surface area is 382 Å². The minimum atomic E-state index is -4.61. The van der Waals surface area contributed by atoms with Gasteiger partial charge in [-0.05, 0) is 69.4 Å². The standard InChI is InChI=1S/C15H18F3N5.C15H12F3N5.C14H18F3N5/c16-15(17,18)14-21-12(20-10-5-6-10)11-13(22-14)23(8-19-11)7-9-3-1-2-4-9;16-15(17,18)14-21-12(20-9-6-7-9)11-13(22-14)23(8-19-11)10-4-2-1-3-5-10;1-18-11-10-12(21-13(20-11)14(15,16)17)22(8-19-10)9-6-4-2-3-5-7-9/h8-10H,1-7H2,(H,20,21,22);1-5,8-9H,6-7H2,(H,20,21,22);8-9H,2-7H2,1H3,(H,18,20,21). The quantitative estimate of drug-likeness (QED) is 0.0927. The van der Waals surface area contributed by atoms with E-state index in [2.05, 4.69) is 60.8 Å². The minimum Gasteiger partial charge on any atom is -0.371 e. The largest absolute Gasteiger partial charge is 0.451 e. The van der Waals surface area contributed by atoms with Crippen LogP contribution in [-0.2, 0) is 25.1 Å². The van der Waals surface area contributed by atoms with Gasteiger partial charge in [0.2, 0.25) is 17.5 Å². The first-order chi connectivity index (χ1) is 32.5. The van der Waals surface area contributed by atoms with Crippen molar-refractivity contribution in [3.05, 3.63) is 66.8 Å². The second-order valence-corrected chi connectivity index (χ2v) is 17.6. The highest BCUT2D eigenvalue weighted by molar-refractivity contribution is 5.85. The van der Waals surface area contributed by atoms with Crippen molar-refractivity contribution in [3.63, 3.8) is 0 Å². The van der Waals surface area contributed by atoms with Crippen molar-refractivity contribution >= 4 is 50.9 Å². The first kappa shape index (κ1) is 46.7. The number of benzene rings is 1. The van der Waals surface area contributed by atoms with E-state index in [1.165, 1.54) is 43.6 Å². The van der Waals surface area contributed by atoms with Crippen molar-refractivity contribution in [2.45, 2.75) is 133 Å². The number of halogens is 9. The first-order valence-corrected chi connectivity index (χ1v) is 22.7. The van der Waals surface area contributed by atoms with E-state index in [1.54, 1.807) is 46.1 Å². The molecular formula is C44H48F9N15. The fourth-order valence-electron chi connectivity index (χ4n) is 8.54. The van der Waals surface area contributed by atoms with Crippen LogP contribution in [0.1, 0.15) is 113 Å². The Hall–Kier alpha value is -6.36. The summed E-state index contributed by atoms with van der Waals surface area (Å²) in [7, 11) is 1.53. The fraction of sp³-hybridized carbons (Fsp3) is 0.523. The van der Waals surface area contributed by atoms with Gasteiger partial charge >= 0.3 is 18.5 Å². The molecule has 4 saturated carbocycles. The third-order valence-corrected chi connectivity index (χ3v) is 12.3.